The molecule has 0 fully saturated rings. The van der Waals surface area contributed by atoms with E-state index in [2.05, 4.69) is 36.4 Å². The summed E-state index contributed by atoms with van der Waals surface area (Å²) in [5.74, 6) is 0. The van der Waals surface area contributed by atoms with Gasteiger partial charge in [0.05, 0.1) is 4.86 Å². The highest BCUT2D eigenvalue weighted by Crippen LogP contribution is 2.32. The molecule has 3 heteroatoms. The molecule has 0 saturated heterocycles. The van der Waals surface area contributed by atoms with Crippen LogP contribution in [0, 0.1) is 0 Å². The van der Waals surface area contributed by atoms with E-state index in [-0.39, 0.29) is 0 Å². The Balaban J connectivity index is 1.48. The molecule has 0 amide bonds. The van der Waals surface area contributed by atoms with Crippen LogP contribution < -0.4 is 0 Å². The number of hydrogen-bond donors (Lipinski definition) is 0. The molecular weight excluding hydrogens is 364 g/mol. The maximum Gasteiger partial charge on any atom is 0.136 e. The minimum Gasteiger partial charge on any atom is -0.456 e. The molecule has 4 aromatic carbocycles. The first-order valence-electron chi connectivity index (χ1n) is 9.15. The number of para-hydroxylation sites is 2. The van der Waals surface area contributed by atoms with Crippen LogP contribution in [0.2, 0.25) is 0 Å². The minimum atomic E-state index is 0.782. The average molecular weight is 378 g/mol. The molecule has 28 heavy (non-hydrogen) atoms. The quantitative estimate of drug-likeness (QED) is 0.234. The normalized spacial score (nSPS) is 11.7. The third-order valence-electron chi connectivity index (χ3n) is 5.28. The van der Waals surface area contributed by atoms with E-state index in [0.29, 0.717) is 0 Å². The van der Waals surface area contributed by atoms with Crippen molar-refractivity contribution < 1.29 is 8.83 Å². The van der Waals surface area contributed by atoms with Crippen molar-refractivity contribution in [2.75, 3.05) is 0 Å². The van der Waals surface area contributed by atoms with Crippen LogP contribution in [0.25, 0.3) is 43.9 Å². The third-order valence-corrected chi connectivity index (χ3v) is 5.75. The van der Waals surface area contributed by atoms with Gasteiger partial charge in [0.25, 0.3) is 0 Å². The Bertz CT molecular complexity index is 1420. The molecule has 0 atom stereocenters. The van der Waals surface area contributed by atoms with Gasteiger partial charge in [-0.3, -0.25) is 0 Å². The summed E-state index contributed by atoms with van der Waals surface area (Å²) < 4.78 is 12.0. The van der Waals surface area contributed by atoms with Gasteiger partial charge in [-0.05, 0) is 47.5 Å². The summed E-state index contributed by atoms with van der Waals surface area (Å²) in [5.41, 5.74) is 5.43. The largest absolute Gasteiger partial charge is 0.456 e. The van der Waals surface area contributed by atoms with E-state index in [1.165, 1.54) is 0 Å². The Morgan fingerprint density at radius 1 is 0.500 bits per heavy atom. The topological polar surface area (TPSA) is 26.3 Å². The molecule has 0 radical (unpaired) electrons. The van der Waals surface area contributed by atoms with E-state index in [9.17, 15) is 0 Å². The summed E-state index contributed by atoms with van der Waals surface area (Å²) in [6.45, 7) is 0. The third kappa shape index (κ3) is 2.23. The van der Waals surface area contributed by atoms with Crippen LogP contribution in [-0.2, 0) is 0 Å². The van der Waals surface area contributed by atoms with Gasteiger partial charge in [0.1, 0.15) is 22.3 Å². The van der Waals surface area contributed by atoms with Crippen molar-refractivity contribution >= 4 is 61.0 Å². The molecular formula is C25H14O2S. The van der Waals surface area contributed by atoms with Gasteiger partial charge in [0.15, 0.2) is 0 Å². The van der Waals surface area contributed by atoms with Crippen LogP contribution in [0.5, 0.6) is 0 Å². The van der Waals surface area contributed by atoms with Crippen LogP contribution in [0.4, 0.5) is 0 Å². The summed E-state index contributed by atoms with van der Waals surface area (Å²) in [6.07, 6.45) is 0. The molecule has 0 aliphatic carbocycles. The van der Waals surface area contributed by atoms with E-state index in [1.807, 2.05) is 48.5 Å². The van der Waals surface area contributed by atoms with Gasteiger partial charge < -0.3 is 8.83 Å². The van der Waals surface area contributed by atoms with Gasteiger partial charge >= 0.3 is 0 Å². The van der Waals surface area contributed by atoms with Crippen LogP contribution in [0.15, 0.2) is 93.8 Å². The fourth-order valence-electron chi connectivity index (χ4n) is 3.90. The molecule has 6 aromatic rings. The van der Waals surface area contributed by atoms with E-state index < -0.39 is 0 Å². The smallest absolute Gasteiger partial charge is 0.136 e. The second-order valence-corrected chi connectivity index (χ2v) is 7.36. The van der Waals surface area contributed by atoms with Gasteiger partial charge in [-0.2, -0.15) is 0 Å². The molecule has 6 rings (SSSR count). The lowest BCUT2D eigenvalue weighted by Gasteiger charge is -2.04. The highest BCUT2D eigenvalue weighted by atomic mass is 32.1. The lowest BCUT2D eigenvalue weighted by Crippen LogP contribution is -1.99. The van der Waals surface area contributed by atoms with Crippen LogP contribution >= 0.6 is 12.2 Å². The molecule has 0 unspecified atom stereocenters. The zero-order chi connectivity index (χ0) is 18.7. The van der Waals surface area contributed by atoms with Crippen molar-refractivity contribution in [3.05, 3.63) is 96.1 Å². The fourth-order valence-corrected chi connectivity index (χ4v) is 4.15. The van der Waals surface area contributed by atoms with Crippen molar-refractivity contribution in [2.24, 2.45) is 0 Å². The molecule has 2 nitrogen and oxygen atoms in total. The zero-order valence-electron chi connectivity index (χ0n) is 14.8. The van der Waals surface area contributed by atoms with Gasteiger partial charge in [-0.1, -0.05) is 60.7 Å². The van der Waals surface area contributed by atoms with Gasteiger partial charge in [0.2, 0.25) is 0 Å². The van der Waals surface area contributed by atoms with Gasteiger partial charge in [-0.25, -0.2) is 0 Å². The fraction of sp³-hybridized carbons (Fsp3) is 0. The molecule has 132 valence electrons. The highest BCUT2D eigenvalue weighted by Gasteiger charge is 2.13. The average Bonchev–Trinajstić information content (AvgIpc) is 3.30. The SMILES string of the molecule is S=C(c1ccc2c(c1)oc1ccccc12)c1ccc2c(c1)oc1ccccc12. The Morgan fingerprint density at radius 2 is 0.929 bits per heavy atom. The molecule has 2 aromatic heterocycles. The molecule has 0 spiro atoms. The van der Waals surface area contributed by atoms with E-state index in [1.54, 1.807) is 0 Å². The second kappa shape index (κ2) is 5.78. The van der Waals surface area contributed by atoms with Gasteiger partial charge in [-0.15, -0.1) is 0 Å². The molecule has 0 aliphatic heterocycles. The Kier molecular flexibility index (Phi) is 3.22. The number of furan rings is 2. The van der Waals surface area contributed by atoms with Crippen LogP contribution in [0.1, 0.15) is 11.1 Å². The minimum absolute atomic E-state index is 0.782. The summed E-state index contributed by atoms with van der Waals surface area (Å²) in [4.78, 5) is 0.782. The van der Waals surface area contributed by atoms with Crippen molar-refractivity contribution in [3.63, 3.8) is 0 Å². The predicted molar refractivity (Wildman–Crippen MR) is 118 cm³/mol. The van der Waals surface area contributed by atoms with Crippen molar-refractivity contribution in [2.45, 2.75) is 0 Å². The number of rotatable bonds is 2. The Hall–Kier alpha value is -3.43. The van der Waals surface area contributed by atoms with E-state index in [4.69, 9.17) is 21.1 Å². The Labute approximate surface area is 166 Å². The summed E-state index contributed by atoms with van der Waals surface area (Å²) in [5, 5.41) is 4.46. The van der Waals surface area contributed by atoms with Crippen LogP contribution in [-0.4, -0.2) is 4.86 Å². The standard InChI is InChI=1S/C25H14O2S/c28-25(15-9-11-19-17-5-1-3-7-21(17)26-23(19)13-15)16-10-12-20-18-6-2-4-8-22(18)27-24(20)14-16/h1-14H. The lowest BCUT2D eigenvalue weighted by atomic mass is 10.0. The summed E-state index contributed by atoms with van der Waals surface area (Å²) >= 11 is 5.79. The van der Waals surface area contributed by atoms with Crippen molar-refractivity contribution in [1.82, 2.24) is 0 Å². The van der Waals surface area contributed by atoms with Crippen LogP contribution in [0.3, 0.4) is 0 Å². The lowest BCUT2D eigenvalue weighted by molar-refractivity contribution is 0.668. The highest BCUT2D eigenvalue weighted by molar-refractivity contribution is 7.81. The summed E-state index contributed by atoms with van der Waals surface area (Å²) in [7, 11) is 0. The molecule has 0 N–H and O–H groups in total. The Morgan fingerprint density at radius 3 is 1.43 bits per heavy atom. The molecule has 0 saturated carbocycles. The molecule has 0 aliphatic rings. The van der Waals surface area contributed by atoms with Crippen molar-refractivity contribution in [3.8, 4) is 0 Å². The maximum atomic E-state index is 6.01. The van der Waals surface area contributed by atoms with Crippen molar-refractivity contribution in [1.29, 1.82) is 0 Å². The second-order valence-electron chi connectivity index (χ2n) is 6.95. The number of fused-ring (bicyclic) bond motifs is 6. The molecule has 0 bridgehead atoms. The number of thiocarbonyl (C=S) groups is 1. The first kappa shape index (κ1) is 15.6. The first-order chi connectivity index (χ1) is 13.8. The van der Waals surface area contributed by atoms with E-state index >= 15 is 0 Å². The zero-order valence-corrected chi connectivity index (χ0v) is 15.6. The summed E-state index contributed by atoms with van der Waals surface area (Å²) in [6, 6.07) is 28.5. The number of benzene rings is 4. The monoisotopic (exact) mass is 378 g/mol. The predicted octanol–water partition coefficient (Wildman–Crippen LogP) is 7.25. The maximum absolute atomic E-state index is 6.01. The van der Waals surface area contributed by atoms with E-state index in [0.717, 1.165) is 59.9 Å². The number of hydrogen-bond acceptors (Lipinski definition) is 3. The van der Waals surface area contributed by atoms with Gasteiger partial charge in [0, 0.05) is 21.5 Å². The first-order valence-corrected chi connectivity index (χ1v) is 9.56. The molecule has 2 heterocycles.